The molecular formula is C33H28Cl2FN3OS. The number of fused-ring (bicyclic) bond motifs is 2. The Morgan fingerprint density at radius 1 is 0.951 bits per heavy atom. The predicted molar refractivity (Wildman–Crippen MR) is 166 cm³/mol. The van der Waals surface area contributed by atoms with Crippen LogP contribution < -0.4 is 4.90 Å². The first-order chi connectivity index (χ1) is 19.9. The molecule has 208 valence electrons. The monoisotopic (exact) mass is 603 g/mol. The van der Waals surface area contributed by atoms with E-state index >= 15 is 0 Å². The fraction of sp³-hybridized carbons (Fsp3) is 0.212. The zero-order chi connectivity index (χ0) is 28.4. The fourth-order valence-electron chi connectivity index (χ4n) is 5.73. The number of carbonyl (C=O) groups is 1. The Hall–Kier alpha value is -3.16. The molecule has 0 aliphatic carbocycles. The summed E-state index contributed by atoms with van der Waals surface area (Å²) in [6.07, 6.45) is 7.79. The van der Waals surface area contributed by atoms with Crippen molar-refractivity contribution in [3.8, 4) is 0 Å². The van der Waals surface area contributed by atoms with E-state index in [1.807, 2.05) is 35.2 Å². The number of pyridine rings is 1. The van der Waals surface area contributed by atoms with Gasteiger partial charge in [-0.3, -0.25) is 9.69 Å². The minimum absolute atomic E-state index is 0.0697. The molecule has 1 saturated heterocycles. The highest BCUT2D eigenvalue weighted by molar-refractivity contribution is 7.99. The van der Waals surface area contributed by atoms with Crippen molar-refractivity contribution in [1.29, 1.82) is 0 Å². The lowest BCUT2D eigenvalue weighted by atomic mass is 9.74. The number of piperidine rings is 1. The summed E-state index contributed by atoms with van der Waals surface area (Å²) < 4.78 is 13.5. The van der Waals surface area contributed by atoms with Gasteiger partial charge in [-0.2, -0.15) is 0 Å². The van der Waals surface area contributed by atoms with Crippen LogP contribution >= 0.6 is 35.0 Å². The van der Waals surface area contributed by atoms with E-state index in [1.165, 1.54) is 17.7 Å². The molecule has 0 atom stereocenters. The first-order valence-corrected chi connectivity index (χ1v) is 15.1. The summed E-state index contributed by atoms with van der Waals surface area (Å²) in [4.78, 5) is 24.2. The quantitative estimate of drug-likeness (QED) is 0.207. The minimum atomic E-state index is -0.248. The van der Waals surface area contributed by atoms with E-state index in [-0.39, 0.29) is 17.1 Å². The number of aromatic nitrogens is 1. The van der Waals surface area contributed by atoms with Crippen LogP contribution in [0.1, 0.15) is 34.3 Å². The predicted octanol–water partition coefficient (Wildman–Crippen LogP) is 8.39. The summed E-state index contributed by atoms with van der Waals surface area (Å²) in [5.41, 5.74) is 3.67. The number of nitrogens with zero attached hydrogens (tertiary/aromatic N) is 3. The van der Waals surface area contributed by atoms with E-state index in [0.29, 0.717) is 17.3 Å². The van der Waals surface area contributed by atoms with Crippen LogP contribution in [0.5, 0.6) is 0 Å². The van der Waals surface area contributed by atoms with Crippen molar-refractivity contribution in [2.24, 2.45) is 0 Å². The van der Waals surface area contributed by atoms with Crippen LogP contribution in [0.15, 0.2) is 101 Å². The normalized spacial score (nSPS) is 16.4. The van der Waals surface area contributed by atoms with Crippen molar-refractivity contribution < 1.29 is 9.18 Å². The summed E-state index contributed by atoms with van der Waals surface area (Å²) in [5.74, 6) is -0.318. The average molecular weight is 605 g/mol. The third-order valence-corrected chi connectivity index (χ3v) is 9.37. The maximum atomic E-state index is 13.7. The van der Waals surface area contributed by atoms with Gasteiger partial charge in [0.25, 0.3) is 5.91 Å². The van der Waals surface area contributed by atoms with Crippen LogP contribution in [0.2, 0.25) is 10.2 Å². The molecule has 8 heteroatoms. The summed E-state index contributed by atoms with van der Waals surface area (Å²) in [7, 11) is 0. The third kappa shape index (κ3) is 6.21. The van der Waals surface area contributed by atoms with Gasteiger partial charge in [-0.15, -0.1) is 0 Å². The minimum Gasteiger partial charge on any atom is -0.307 e. The molecule has 0 unspecified atom stereocenters. The van der Waals surface area contributed by atoms with Gasteiger partial charge in [-0.1, -0.05) is 59.2 Å². The van der Waals surface area contributed by atoms with Gasteiger partial charge < -0.3 is 4.90 Å². The summed E-state index contributed by atoms with van der Waals surface area (Å²) in [6.45, 7) is 3.36. The smallest absolute Gasteiger partial charge is 0.258 e. The Morgan fingerprint density at radius 2 is 1.68 bits per heavy atom. The highest BCUT2D eigenvalue weighted by Gasteiger charge is 2.46. The number of carbonyl (C=O) groups excluding carboxylic acids is 1. The SMILES string of the molecule is O=C(c1ccnc(Cl)c1)N1CC2(CCN(C/C=C/c3ccc(Cl)cc3)CC2)c2cc(Sc3ccc(F)cc3)ccc21. The number of hydrogen-bond donors (Lipinski definition) is 0. The Morgan fingerprint density at radius 3 is 2.41 bits per heavy atom. The standard InChI is InChI=1S/C33H28Cl2FN3OS/c34-25-5-3-23(4-6-25)2-1-17-38-18-14-33(15-19-38)22-39(32(40)24-13-16-37-31(35)20-24)30-12-11-28(21-29(30)33)41-27-9-7-26(36)8-10-27/h1-13,16,20-21H,14-15,17-19,22H2/b2-1+. The summed E-state index contributed by atoms with van der Waals surface area (Å²) in [6, 6.07) is 24.1. The first kappa shape index (κ1) is 28.0. The molecule has 1 aromatic heterocycles. The Labute approximate surface area is 253 Å². The van der Waals surface area contributed by atoms with Crippen molar-refractivity contribution in [3.05, 3.63) is 124 Å². The lowest BCUT2D eigenvalue weighted by molar-refractivity contribution is 0.0977. The van der Waals surface area contributed by atoms with Gasteiger partial charge >= 0.3 is 0 Å². The van der Waals surface area contributed by atoms with Gasteiger partial charge in [-0.25, -0.2) is 9.37 Å². The van der Waals surface area contributed by atoms with Gasteiger partial charge in [0, 0.05) is 50.8 Å². The Bertz CT molecular complexity index is 1590. The average Bonchev–Trinajstić information content (AvgIpc) is 3.29. The van der Waals surface area contributed by atoms with E-state index in [2.05, 4.69) is 34.2 Å². The number of amides is 1. The molecule has 4 nitrogen and oxygen atoms in total. The molecule has 1 amide bonds. The molecule has 1 spiro atoms. The van der Waals surface area contributed by atoms with E-state index in [0.717, 1.165) is 58.5 Å². The van der Waals surface area contributed by atoms with E-state index < -0.39 is 0 Å². The van der Waals surface area contributed by atoms with Crippen LogP contribution in [0, 0.1) is 5.82 Å². The third-order valence-electron chi connectivity index (χ3n) is 7.92. The van der Waals surface area contributed by atoms with Crippen LogP contribution in [0.4, 0.5) is 10.1 Å². The number of benzene rings is 3. The largest absolute Gasteiger partial charge is 0.307 e. The van der Waals surface area contributed by atoms with E-state index in [1.54, 1.807) is 42.2 Å². The second-order valence-electron chi connectivity index (χ2n) is 10.5. The molecule has 0 N–H and O–H groups in total. The number of halogens is 3. The zero-order valence-electron chi connectivity index (χ0n) is 22.3. The number of likely N-dealkylation sites (tertiary alicyclic amines) is 1. The van der Waals surface area contributed by atoms with Gasteiger partial charge in [0.15, 0.2) is 0 Å². The van der Waals surface area contributed by atoms with E-state index in [4.69, 9.17) is 23.2 Å². The number of anilines is 1. The van der Waals surface area contributed by atoms with Crippen molar-refractivity contribution in [2.75, 3.05) is 31.1 Å². The molecule has 3 heterocycles. The molecule has 1 fully saturated rings. The number of hydrogen-bond acceptors (Lipinski definition) is 4. The molecular weight excluding hydrogens is 576 g/mol. The van der Waals surface area contributed by atoms with Crippen LogP contribution in [0.3, 0.4) is 0 Å². The molecule has 2 aliphatic heterocycles. The van der Waals surface area contributed by atoms with Crippen molar-refractivity contribution in [1.82, 2.24) is 9.88 Å². The maximum absolute atomic E-state index is 13.7. The van der Waals surface area contributed by atoms with E-state index in [9.17, 15) is 9.18 Å². The second-order valence-corrected chi connectivity index (χ2v) is 12.5. The molecule has 0 saturated carbocycles. The van der Waals surface area contributed by atoms with Crippen molar-refractivity contribution in [3.63, 3.8) is 0 Å². The molecule has 4 aromatic rings. The van der Waals surface area contributed by atoms with Gasteiger partial charge in [0.2, 0.25) is 0 Å². The van der Waals surface area contributed by atoms with Crippen molar-refractivity contribution in [2.45, 2.75) is 28.0 Å². The molecule has 0 bridgehead atoms. The topological polar surface area (TPSA) is 36.4 Å². The van der Waals surface area contributed by atoms with Gasteiger partial charge in [0.05, 0.1) is 0 Å². The molecule has 2 aliphatic rings. The first-order valence-electron chi connectivity index (χ1n) is 13.5. The molecule has 6 rings (SSSR count). The number of rotatable bonds is 6. The van der Waals surface area contributed by atoms with Gasteiger partial charge in [0.1, 0.15) is 11.0 Å². The zero-order valence-corrected chi connectivity index (χ0v) is 24.6. The Balaban J connectivity index is 1.24. The second kappa shape index (κ2) is 12.0. The van der Waals surface area contributed by atoms with Crippen molar-refractivity contribution >= 4 is 52.6 Å². The van der Waals surface area contributed by atoms with Crippen LogP contribution in [-0.2, 0) is 5.41 Å². The van der Waals surface area contributed by atoms with Crippen LogP contribution in [0.25, 0.3) is 6.08 Å². The maximum Gasteiger partial charge on any atom is 0.258 e. The molecule has 41 heavy (non-hydrogen) atoms. The molecule has 0 radical (unpaired) electrons. The fourth-order valence-corrected chi connectivity index (χ4v) is 6.88. The lowest BCUT2D eigenvalue weighted by Gasteiger charge is -2.39. The van der Waals surface area contributed by atoms with Gasteiger partial charge in [-0.05, 0) is 104 Å². The summed E-state index contributed by atoms with van der Waals surface area (Å²) in [5, 5.41) is 1.04. The Kier molecular flexibility index (Phi) is 8.18. The highest BCUT2D eigenvalue weighted by Crippen LogP contribution is 2.49. The molecule has 3 aromatic carbocycles. The highest BCUT2D eigenvalue weighted by atomic mass is 35.5. The summed E-state index contributed by atoms with van der Waals surface area (Å²) >= 11 is 13.7. The van der Waals surface area contributed by atoms with Crippen LogP contribution in [-0.4, -0.2) is 42.0 Å². The lowest BCUT2D eigenvalue weighted by Crippen LogP contribution is -2.46.